The van der Waals surface area contributed by atoms with Crippen LogP contribution in [0.2, 0.25) is 0 Å². The molecule has 3 rings (SSSR count). The first-order valence-electron chi connectivity index (χ1n) is 6.60. The van der Waals surface area contributed by atoms with E-state index in [1.165, 1.54) is 11.3 Å². The van der Waals surface area contributed by atoms with Crippen molar-refractivity contribution < 1.29 is 14.3 Å². The minimum Gasteiger partial charge on any atom is -0.458 e. The van der Waals surface area contributed by atoms with Crippen LogP contribution in [0.3, 0.4) is 0 Å². The quantitative estimate of drug-likeness (QED) is 0.810. The van der Waals surface area contributed by atoms with Crippen LogP contribution in [-0.4, -0.2) is 30.3 Å². The van der Waals surface area contributed by atoms with Gasteiger partial charge in [0, 0.05) is 22.9 Å². The minimum atomic E-state index is -0.364. The van der Waals surface area contributed by atoms with Crippen LogP contribution in [0.25, 0.3) is 10.6 Å². The van der Waals surface area contributed by atoms with Gasteiger partial charge in [0.15, 0.2) is 5.69 Å². The van der Waals surface area contributed by atoms with E-state index in [0.29, 0.717) is 12.3 Å². The molecule has 0 N–H and O–H groups in total. The molecule has 20 heavy (non-hydrogen) atoms. The molecule has 0 saturated carbocycles. The van der Waals surface area contributed by atoms with Crippen LogP contribution in [0.15, 0.2) is 22.2 Å². The van der Waals surface area contributed by atoms with E-state index in [0.717, 1.165) is 36.4 Å². The van der Waals surface area contributed by atoms with Crippen LogP contribution in [0.4, 0.5) is 0 Å². The summed E-state index contributed by atoms with van der Waals surface area (Å²) in [7, 11) is 0. The average Bonchev–Trinajstić information content (AvgIpc) is 3.16. The Kier molecular flexibility index (Phi) is 4.44. The number of carbonyl (C=O) groups excluding carboxylic acids is 1. The van der Waals surface area contributed by atoms with Crippen LogP contribution < -0.4 is 0 Å². The van der Waals surface area contributed by atoms with Crippen molar-refractivity contribution in [3.63, 3.8) is 0 Å². The van der Waals surface area contributed by atoms with Crippen molar-refractivity contribution in [3.8, 4) is 10.6 Å². The maximum Gasteiger partial charge on any atom is 0.357 e. The predicted octanol–water partition coefficient (Wildman–Crippen LogP) is 3.60. The maximum atomic E-state index is 11.9. The average molecular weight is 309 g/mol. The predicted molar refractivity (Wildman–Crippen MR) is 79.3 cm³/mol. The lowest BCUT2D eigenvalue weighted by Gasteiger charge is -2.21. The van der Waals surface area contributed by atoms with Gasteiger partial charge in [-0.05, 0) is 30.7 Å². The number of nitrogens with zero attached hydrogens (tertiary/aromatic N) is 1. The molecular weight excluding hydrogens is 294 g/mol. The number of carbonyl (C=O) groups is 1. The molecule has 1 atom stereocenters. The van der Waals surface area contributed by atoms with Gasteiger partial charge in [0.2, 0.25) is 0 Å². The third kappa shape index (κ3) is 3.26. The molecule has 6 heteroatoms. The number of hydrogen-bond acceptors (Lipinski definition) is 6. The normalized spacial score (nSPS) is 18.9. The Hall–Kier alpha value is -1.24. The first-order chi connectivity index (χ1) is 9.83. The molecule has 0 amide bonds. The highest BCUT2D eigenvalue weighted by molar-refractivity contribution is 7.14. The zero-order valence-electron chi connectivity index (χ0n) is 10.9. The summed E-state index contributed by atoms with van der Waals surface area (Å²) >= 11 is 3.08. The Morgan fingerprint density at radius 1 is 1.45 bits per heavy atom. The lowest BCUT2D eigenvalue weighted by molar-refractivity contribution is -0.0302. The largest absolute Gasteiger partial charge is 0.458 e. The Bertz CT molecular complexity index is 559. The number of aromatic nitrogens is 1. The summed E-state index contributed by atoms with van der Waals surface area (Å²) < 4.78 is 10.8. The molecule has 0 bridgehead atoms. The zero-order chi connectivity index (χ0) is 13.8. The summed E-state index contributed by atoms with van der Waals surface area (Å²) in [4.78, 5) is 16.3. The Morgan fingerprint density at radius 2 is 2.40 bits per heavy atom. The van der Waals surface area contributed by atoms with Crippen LogP contribution in [0, 0.1) is 0 Å². The zero-order valence-corrected chi connectivity index (χ0v) is 12.5. The highest BCUT2D eigenvalue weighted by Gasteiger charge is 2.18. The molecule has 3 heterocycles. The summed E-state index contributed by atoms with van der Waals surface area (Å²) in [5.74, 6) is -0.364. The number of ether oxygens (including phenoxy) is 2. The van der Waals surface area contributed by atoms with Crippen molar-refractivity contribution in [2.45, 2.75) is 25.4 Å². The van der Waals surface area contributed by atoms with E-state index in [1.54, 1.807) is 16.7 Å². The number of thiazole rings is 1. The molecule has 1 saturated heterocycles. The van der Waals surface area contributed by atoms with Gasteiger partial charge in [-0.15, -0.1) is 11.3 Å². The summed E-state index contributed by atoms with van der Waals surface area (Å²) in [6.45, 7) is 1.09. The molecule has 2 aromatic heterocycles. The molecule has 4 nitrogen and oxygen atoms in total. The molecule has 0 aromatic carbocycles. The van der Waals surface area contributed by atoms with Gasteiger partial charge in [-0.1, -0.05) is 0 Å². The van der Waals surface area contributed by atoms with Crippen molar-refractivity contribution in [1.29, 1.82) is 0 Å². The third-order valence-electron chi connectivity index (χ3n) is 3.16. The number of rotatable bonds is 4. The van der Waals surface area contributed by atoms with Gasteiger partial charge in [0.05, 0.1) is 6.10 Å². The smallest absolute Gasteiger partial charge is 0.357 e. The first kappa shape index (κ1) is 13.7. The van der Waals surface area contributed by atoms with E-state index in [9.17, 15) is 4.79 Å². The van der Waals surface area contributed by atoms with E-state index in [4.69, 9.17) is 9.47 Å². The van der Waals surface area contributed by atoms with Gasteiger partial charge in [0.25, 0.3) is 0 Å². The van der Waals surface area contributed by atoms with Gasteiger partial charge in [-0.25, -0.2) is 9.78 Å². The monoisotopic (exact) mass is 309 g/mol. The Morgan fingerprint density at radius 3 is 3.15 bits per heavy atom. The van der Waals surface area contributed by atoms with E-state index in [-0.39, 0.29) is 12.1 Å². The van der Waals surface area contributed by atoms with Crippen LogP contribution in [-0.2, 0) is 9.47 Å². The van der Waals surface area contributed by atoms with Gasteiger partial charge in [0.1, 0.15) is 11.6 Å². The van der Waals surface area contributed by atoms with E-state index in [1.807, 2.05) is 16.8 Å². The summed E-state index contributed by atoms with van der Waals surface area (Å²) in [5, 5.41) is 6.61. The van der Waals surface area contributed by atoms with Gasteiger partial charge in [-0.2, -0.15) is 11.3 Å². The maximum absolute atomic E-state index is 11.9. The molecular formula is C14H15NO3S2. The molecule has 1 aliphatic rings. The fraction of sp³-hybridized carbons (Fsp3) is 0.429. The third-order valence-corrected chi connectivity index (χ3v) is 4.73. The molecule has 0 spiro atoms. The van der Waals surface area contributed by atoms with Crippen molar-refractivity contribution in [2.75, 3.05) is 13.2 Å². The molecule has 0 radical (unpaired) electrons. The van der Waals surface area contributed by atoms with Gasteiger partial charge in [-0.3, -0.25) is 0 Å². The lowest BCUT2D eigenvalue weighted by atomic mass is 10.1. The SMILES string of the molecule is O=C(OCC1CCCCO1)c1csc(-c2ccsc2)n1. The summed E-state index contributed by atoms with van der Waals surface area (Å²) in [5.41, 5.74) is 1.43. The van der Waals surface area contributed by atoms with E-state index >= 15 is 0 Å². The van der Waals surface area contributed by atoms with Crippen LogP contribution in [0.5, 0.6) is 0 Å². The second kappa shape index (κ2) is 6.47. The summed E-state index contributed by atoms with van der Waals surface area (Å²) in [6, 6.07) is 1.99. The highest BCUT2D eigenvalue weighted by atomic mass is 32.1. The fourth-order valence-electron chi connectivity index (χ4n) is 2.07. The first-order valence-corrected chi connectivity index (χ1v) is 8.42. The highest BCUT2D eigenvalue weighted by Crippen LogP contribution is 2.26. The van der Waals surface area contributed by atoms with Crippen LogP contribution in [0.1, 0.15) is 29.8 Å². The molecule has 106 valence electrons. The van der Waals surface area contributed by atoms with Crippen molar-refractivity contribution in [3.05, 3.63) is 27.9 Å². The number of thiophene rings is 1. The summed E-state index contributed by atoms with van der Waals surface area (Å²) in [6.07, 6.45) is 3.24. The van der Waals surface area contributed by atoms with Crippen LogP contribution >= 0.6 is 22.7 Å². The second-order valence-corrected chi connectivity index (χ2v) is 6.28. The Labute approximate surface area is 125 Å². The topological polar surface area (TPSA) is 48.4 Å². The van der Waals surface area contributed by atoms with Crippen molar-refractivity contribution >= 4 is 28.6 Å². The van der Waals surface area contributed by atoms with Gasteiger partial charge < -0.3 is 9.47 Å². The molecule has 2 aromatic rings. The molecule has 1 unspecified atom stereocenters. The number of esters is 1. The number of hydrogen-bond donors (Lipinski definition) is 0. The fourth-order valence-corrected chi connectivity index (χ4v) is 3.57. The van der Waals surface area contributed by atoms with Gasteiger partial charge >= 0.3 is 5.97 Å². The Balaban J connectivity index is 1.57. The standard InChI is InChI=1S/C14H15NO3S2/c16-14(18-7-11-3-1-2-5-17-11)12-9-20-13(15-12)10-4-6-19-8-10/h4,6,8-9,11H,1-3,5,7H2. The molecule has 0 aliphatic carbocycles. The van der Waals surface area contributed by atoms with E-state index < -0.39 is 0 Å². The molecule has 1 aliphatic heterocycles. The lowest BCUT2D eigenvalue weighted by Crippen LogP contribution is -2.26. The van der Waals surface area contributed by atoms with E-state index in [2.05, 4.69) is 4.98 Å². The molecule has 1 fully saturated rings. The second-order valence-electron chi connectivity index (χ2n) is 4.64. The van der Waals surface area contributed by atoms with Crippen molar-refractivity contribution in [1.82, 2.24) is 4.98 Å². The van der Waals surface area contributed by atoms with Crippen molar-refractivity contribution in [2.24, 2.45) is 0 Å². The minimum absolute atomic E-state index is 0.0441.